The minimum absolute atomic E-state index is 0.0782. The number of hydrogen-bond acceptors (Lipinski definition) is 7. The van der Waals surface area contributed by atoms with E-state index in [1.807, 2.05) is 13.8 Å². The van der Waals surface area contributed by atoms with Crippen molar-refractivity contribution in [2.24, 2.45) is 0 Å². The van der Waals surface area contributed by atoms with Crippen molar-refractivity contribution in [3.63, 3.8) is 0 Å². The van der Waals surface area contributed by atoms with Crippen molar-refractivity contribution in [3.8, 4) is 5.75 Å². The summed E-state index contributed by atoms with van der Waals surface area (Å²) in [7, 11) is 1.50. The van der Waals surface area contributed by atoms with Crippen LogP contribution in [0.15, 0.2) is 24.3 Å². The van der Waals surface area contributed by atoms with Gasteiger partial charge >= 0.3 is 5.97 Å². The molecule has 9 nitrogen and oxygen atoms in total. The standard InChI is InChI=1S/C21H29N3O6S/c1-4-14(2)30-16-7-5-15(6-8-16)19(26)23-21(31)24-10-9-22-20(27)17(24)13-18(25)29-12-11-28-3/h5-8,14,17H,4,9-13H2,1-3H3,(H,22,27)(H,23,26,31). The monoisotopic (exact) mass is 451 g/mol. The molecule has 170 valence electrons. The van der Waals surface area contributed by atoms with Crippen LogP contribution in [0.25, 0.3) is 0 Å². The third kappa shape index (κ3) is 7.48. The number of methoxy groups -OCH3 is 1. The maximum Gasteiger partial charge on any atom is 0.308 e. The molecular weight excluding hydrogens is 422 g/mol. The van der Waals surface area contributed by atoms with Gasteiger partial charge in [0.1, 0.15) is 18.4 Å². The van der Waals surface area contributed by atoms with Crippen molar-refractivity contribution in [3.05, 3.63) is 29.8 Å². The number of rotatable bonds is 9. The Balaban J connectivity index is 1.98. The highest BCUT2D eigenvalue weighted by atomic mass is 32.1. The zero-order valence-corrected chi connectivity index (χ0v) is 18.8. The van der Waals surface area contributed by atoms with E-state index in [1.165, 1.54) is 12.0 Å². The van der Waals surface area contributed by atoms with Crippen LogP contribution in [0.3, 0.4) is 0 Å². The van der Waals surface area contributed by atoms with E-state index in [4.69, 9.17) is 26.4 Å². The molecule has 1 saturated heterocycles. The summed E-state index contributed by atoms with van der Waals surface area (Å²) < 4.78 is 15.6. The molecular formula is C21H29N3O6S. The fourth-order valence-corrected chi connectivity index (χ4v) is 3.17. The van der Waals surface area contributed by atoms with Crippen molar-refractivity contribution >= 4 is 35.1 Å². The van der Waals surface area contributed by atoms with Gasteiger partial charge < -0.3 is 24.4 Å². The van der Waals surface area contributed by atoms with Crippen molar-refractivity contribution in [1.82, 2.24) is 15.5 Å². The first-order valence-corrected chi connectivity index (χ1v) is 10.6. The summed E-state index contributed by atoms with van der Waals surface area (Å²) in [6, 6.07) is 5.86. The van der Waals surface area contributed by atoms with E-state index < -0.39 is 17.9 Å². The Morgan fingerprint density at radius 3 is 2.65 bits per heavy atom. The maximum absolute atomic E-state index is 12.6. The number of nitrogens with one attached hydrogen (secondary N) is 2. The number of ether oxygens (including phenoxy) is 3. The molecule has 2 rings (SSSR count). The Morgan fingerprint density at radius 2 is 2.00 bits per heavy atom. The third-order valence-corrected chi connectivity index (χ3v) is 5.09. The number of piperazine rings is 1. The van der Waals surface area contributed by atoms with Gasteiger partial charge in [0.05, 0.1) is 19.1 Å². The van der Waals surface area contributed by atoms with Crippen LogP contribution in [-0.2, 0) is 19.1 Å². The molecule has 2 amide bonds. The molecule has 2 atom stereocenters. The molecule has 2 N–H and O–H groups in total. The molecule has 1 aliphatic rings. The fraction of sp³-hybridized carbons (Fsp3) is 0.524. The number of hydrogen-bond donors (Lipinski definition) is 2. The molecule has 0 aromatic heterocycles. The number of benzene rings is 1. The lowest BCUT2D eigenvalue weighted by atomic mass is 10.1. The minimum Gasteiger partial charge on any atom is -0.491 e. The van der Waals surface area contributed by atoms with Gasteiger partial charge in [0.15, 0.2) is 5.11 Å². The predicted molar refractivity (Wildman–Crippen MR) is 118 cm³/mol. The van der Waals surface area contributed by atoms with Crippen LogP contribution >= 0.6 is 12.2 Å². The van der Waals surface area contributed by atoms with Crippen LogP contribution in [0.4, 0.5) is 0 Å². The molecule has 10 heteroatoms. The van der Waals surface area contributed by atoms with E-state index >= 15 is 0 Å². The molecule has 0 bridgehead atoms. The Hall–Kier alpha value is -2.72. The molecule has 31 heavy (non-hydrogen) atoms. The van der Waals surface area contributed by atoms with E-state index in [0.717, 1.165) is 6.42 Å². The molecule has 1 fully saturated rings. The summed E-state index contributed by atoms with van der Waals surface area (Å²) in [5.41, 5.74) is 0.399. The smallest absolute Gasteiger partial charge is 0.308 e. The maximum atomic E-state index is 12.6. The molecule has 0 saturated carbocycles. The highest BCUT2D eigenvalue weighted by Crippen LogP contribution is 2.16. The largest absolute Gasteiger partial charge is 0.491 e. The van der Waals surface area contributed by atoms with Crippen molar-refractivity contribution < 1.29 is 28.6 Å². The molecule has 1 aliphatic heterocycles. The Bertz CT molecular complexity index is 786. The first kappa shape index (κ1) is 24.5. The number of esters is 1. The summed E-state index contributed by atoms with van der Waals surface area (Å²) in [6.45, 7) is 5.08. The molecule has 2 unspecified atom stereocenters. The number of nitrogens with zero attached hydrogens (tertiary/aromatic N) is 1. The third-order valence-electron chi connectivity index (χ3n) is 4.75. The summed E-state index contributed by atoms with van der Waals surface area (Å²) in [4.78, 5) is 38.5. The summed E-state index contributed by atoms with van der Waals surface area (Å²) >= 11 is 5.36. The number of carbonyl (C=O) groups is 3. The lowest BCUT2D eigenvalue weighted by Crippen LogP contribution is -2.60. The molecule has 0 radical (unpaired) electrons. The van der Waals surface area contributed by atoms with Crippen LogP contribution in [0.2, 0.25) is 0 Å². The van der Waals surface area contributed by atoms with Crippen molar-refractivity contribution in [2.75, 3.05) is 33.4 Å². The second-order valence-electron chi connectivity index (χ2n) is 7.04. The van der Waals surface area contributed by atoms with E-state index in [0.29, 0.717) is 24.4 Å². The second-order valence-corrected chi connectivity index (χ2v) is 7.42. The first-order valence-electron chi connectivity index (χ1n) is 10.2. The van der Waals surface area contributed by atoms with Gasteiger partial charge in [-0.15, -0.1) is 0 Å². The average Bonchev–Trinajstić information content (AvgIpc) is 2.75. The predicted octanol–water partition coefficient (Wildman–Crippen LogP) is 1.26. The van der Waals surface area contributed by atoms with Gasteiger partial charge in [0, 0.05) is 25.8 Å². The van der Waals surface area contributed by atoms with Crippen molar-refractivity contribution in [1.29, 1.82) is 0 Å². The van der Waals surface area contributed by atoms with E-state index in [2.05, 4.69) is 10.6 Å². The molecule has 0 spiro atoms. The lowest BCUT2D eigenvalue weighted by Gasteiger charge is -2.36. The van der Waals surface area contributed by atoms with Crippen LogP contribution in [0.5, 0.6) is 5.75 Å². The molecule has 1 heterocycles. The highest BCUT2D eigenvalue weighted by Gasteiger charge is 2.34. The summed E-state index contributed by atoms with van der Waals surface area (Å²) in [6.07, 6.45) is 0.768. The molecule has 1 aromatic carbocycles. The first-order chi connectivity index (χ1) is 14.8. The van der Waals surface area contributed by atoms with Gasteiger partial charge in [-0.3, -0.25) is 19.7 Å². The van der Waals surface area contributed by atoms with Crippen LogP contribution in [0, 0.1) is 0 Å². The molecule has 1 aromatic rings. The van der Waals surface area contributed by atoms with Crippen LogP contribution in [0.1, 0.15) is 37.0 Å². The van der Waals surface area contributed by atoms with Crippen LogP contribution in [-0.4, -0.2) is 73.4 Å². The fourth-order valence-electron chi connectivity index (χ4n) is 2.86. The second kappa shape index (κ2) is 12.2. The normalized spacial score (nSPS) is 16.8. The lowest BCUT2D eigenvalue weighted by molar-refractivity contribution is -0.148. The highest BCUT2D eigenvalue weighted by molar-refractivity contribution is 7.80. The Labute approximate surface area is 187 Å². The number of carbonyl (C=O) groups excluding carboxylic acids is 3. The van der Waals surface area contributed by atoms with Crippen LogP contribution < -0.4 is 15.4 Å². The van der Waals surface area contributed by atoms with Crippen molar-refractivity contribution in [2.45, 2.75) is 38.8 Å². The van der Waals surface area contributed by atoms with Gasteiger partial charge in [-0.1, -0.05) is 6.92 Å². The van der Waals surface area contributed by atoms with Gasteiger partial charge in [-0.25, -0.2) is 0 Å². The summed E-state index contributed by atoms with van der Waals surface area (Å²) in [5, 5.41) is 5.42. The number of thiocarbonyl (C=S) groups is 1. The zero-order valence-electron chi connectivity index (χ0n) is 18.0. The van der Waals surface area contributed by atoms with E-state index in [9.17, 15) is 14.4 Å². The van der Waals surface area contributed by atoms with E-state index in [-0.39, 0.29) is 36.8 Å². The SMILES string of the molecule is CCC(C)Oc1ccc(C(=O)NC(=S)N2CCNC(=O)C2CC(=O)OCCOC)cc1. The Morgan fingerprint density at radius 1 is 1.29 bits per heavy atom. The summed E-state index contributed by atoms with van der Waals surface area (Å²) in [5.74, 6) is -0.631. The number of amides is 2. The minimum atomic E-state index is -0.858. The van der Waals surface area contributed by atoms with Gasteiger partial charge in [-0.05, 0) is 49.8 Å². The Kier molecular flexibility index (Phi) is 9.67. The van der Waals surface area contributed by atoms with E-state index in [1.54, 1.807) is 24.3 Å². The zero-order chi connectivity index (χ0) is 22.8. The average molecular weight is 452 g/mol. The van der Waals surface area contributed by atoms with Gasteiger partial charge in [-0.2, -0.15) is 0 Å². The van der Waals surface area contributed by atoms with Gasteiger partial charge in [0.2, 0.25) is 5.91 Å². The topological polar surface area (TPSA) is 106 Å². The van der Waals surface area contributed by atoms with Gasteiger partial charge in [0.25, 0.3) is 5.91 Å². The quantitative estimate of drug-likeness (QED) is 0.328. The molecule has 0 aliphatic carbocycles.